The number of carbonyl (C=O) groups excluding carboxylic acids is 1. The Balaban J connectivity index is 2.25. The van der Waals surface area contributed by atoms with Crippen LogP contribution < -0.4 is 5.32 Å². The Morgan fingerprint density at radius 1 is 1.37 bits per heavy atom. The van der Waals surface area contributed by atoms with Crippen LogP contribution in [0.1, 0.15) is 18.9 Å². The molecule has 4 nitrogen and oxygen atoms in total. The smallest absolute Gasteiger partial charge is 0.243 e. The first-order chi connectivity index (χ1) is 9.08. The number of rotatable bonds is 1. The van der Waals surface area contributed by atoms with Crippen molar-refractivity contribution in [1.29, 1.82) is 0 Å². The minimum absolute atomic E-state index is 0.129. The minimum Gasteiger partial charge on any atom is -0.354 e. The third kappa shape index (κ3) is 1.94. The molecule has 2 heterocycles. The molecule has 1 aromatic heterocycles. The Bertz CT molecular complexity index is 722. The number of hydrogen-bond donors (Lipinski definition) is 2. The molecule has 1 aliphatic heterocycles. The Morgan fingerprint density at radius 3 is 2.89 bits per heavy atom. The predicted octanol–water partition coefficient (Wildman–Crippen LogP) is 2.43. The number of carbonyl (C=O) groups is 1. The molecule has 1 atom stereocenters. The molecule has 1 saturated heterocycles. The number of fused-ring (bicyclic) bond motifs is 1. The summed E-state index contributed by atoms with van der Waals surface area (Å²) in [5.74, 6) is -1.58. The van der Waals surface area contributed by atoms with E-state index in [1.807, 2.05) is 0 Å². The standard InChI is InChI=1S/C12H11F2N3OS/c13-6-4-7(14)10-9(5-6)17(12(19)16-10)8-2-1-3-15-11(8)18/h4-5,8H,1-3H2,(H,15,18)(H,16,19). The number of imidazole rings is 1. The topological polar surface area (TPSA) is 49.8 Å². The summed E-state index contributed by atoms with van der Waals surface area (Å²) in [6.07, 6.45) is 1.41. The highest BCUT2D eigenvalue weighted by atomic mass is 32.1. The van der Waals surface area contributed by atoms with Crippen LogP contribution in [0.5, 0.6) is 0 Å². The van der Waals surface area contributed by atoms with Crippen LogP contribution in [0.4, 0.5) is 8.78 Å². The largest absolute Gasteiger partial charge is 0.354 e. The Hall–Kier alpha value is -1.76. The van der Waals surface area contributed by atoms with Crippen molar-refractivity contribution < 1.29 is 13.6 Å². The van der Waals surface area contributed by atoms with Crippen LogP contribution in [-0.2, 0) is 4.79 Å². The van der Waals surface area contributed by atoms with Crippen LogP contribution in [0.25, 0.3) is 11.0 Å². The number of halogens is 2. The van der Waals surface area contributed by atoms with Crippen molar-refractivity contribution in [3.63, 3.8) is 0 Å². The first-order valence-corrected chi connectivity index (χ1v) is 6.36. The van der Waals surface area contributed by atoms with Crippen molar-refractivity contribution in [2.45, 2.75) is 18.9 Å². The second-order valence-corrected chi connectivity index (χ2v) is 4.92. The van der Waals surface area contributed by atoms with Gasteiger partial charge in [-0.1, -0.05) is 0 Å². The zero-order valence-corrected chi connectivity index (χ0v) is 10.7. The van der Waals surface area contributed by atoms with E-state index >= 15 is 0 Å². The summed E-state index contributed by atoms with van der Waals surface area (Å²) in [6, 6.07) is 1.46. The molecular formula is C12H11F2N3OS. The lowest BCUT2D eigenvalue weighted by atomic mass is 10.1. The number of nitrogens with one attached hydrogen (secondary N) is 2. The molecule has 100 valence electrons. The molecule has 19 heavy (non-hydrogen) atoms. The lowest BCUT2D eigenvalue weighted by Gasteiger charge is -2.23. The molecule has 7 heteroatoms. The van der Waals surface area contributed by atoms with Gasteiger partial charge in [0.05, 0.1) is 5.52 Å². The van der Waals surface area contributed by atoms with Crippen molar-refractivity contribution in [2.24, 2.45) is 0 Å². The van der Waals surface area contributed by atoms with Crippen molar-refractivity contribution in [2.75, 3.05) is 6.54 Å². The molecule has 2 aromatic rings. The molecule has 2 N–H and O–H groups in total. The molecule has 0 radical (unpaired) electrons. The molecule has 0 saturated carbocycles. The van der Waals surface area contributed by atoms with Crippen LogP contribution in [0, 0.1) is 16.4 Å². The first-order valence-electron chi connectivity index (χ1n) is 5.95. The van der Waals surface area contributed by atoms with E-state index in [2.05, 4.69) is 10.3 Å². The van der Waals surface area contributed by atoms with E-state index in [4.69, 9.17) is 12.2 Å². The molecule has 1 unspecified atom stereocenters. The van der Waals surface area contributed by atoms with E-state index in [-0.39, 0.29) is 21.7 Å². The zero-order valence-electron chi connectivity index (χ0n) is 9.87. The molecule has 1 fully saturated rings. The van der Waals surface area contributed by atoms with E-state index in [1.165, 1.54) is 10.6 Å². The summed E-state index contributed by atoms with van der Waals surface area (Å²) in [6.45, 7) is 0.619. The fourth-order valence-corrected chi connectivity index (χ4v) is 2.79. The second-order valence-electron chi connectivity index (χ2n) is 4.53. The number of benzene rings is 1. The maximum atomic E-state index is 13.7. The summed E-state index contributed by atoms with van der Waals surface area (Å²) >= 11 is 5.13. The number of piperidine rings is 1. The normalized spacial score (nSPS) is 19.7. The number of nitrogens with zero attached hydrogens (tertiary/aromatic N) is 1. The average molecular weight is 283 g/mol. The van der Waals surface area contributed by atoms with Gasteiger partial charge in [-0.25, -0.2) is 8.78 Å². The minimum atomic E-state index is -0.712. The number of aromatic amines is 1. The van der Waals surface area contributed by atoms with Crippen LogP contribution in [-0.4, -0.2) is 22.0 Å². The van der Waals surface area contributed by atoms with Crippen LogP contribution in [0.2, 0.25) is 0 Å². The van der Waals surface area contributed by atoms with Crippen LogP contribution in [0.3, 0.4) is 0 Å². The zero-order chi connectivity index (χ0) is 13.6. The highest BCUT2D eigenvalue weighted by Gasteiger charge is 2.26. The van der Waals surface area contributed by atoms with Gasteiger partial charge in [0.2, 0.25) is 5.91 Å². The average Bonchev–Trinajstić information content (AvgIpc) is 2.67. The van der Waals surface area contributed by atoms with Gasteiger partial charge in [-0.3, -0.25) is 4.79 Å². The van der Waals surface area contributed by atoms with Gasteiger partial charge in [0.25, 0.3) is 0 Å². The highest BCUT2D eigenvalue weighted by molar-refractivity contribution is 7.71. The second kappa shape index (κ2) is 4.41. The van der Waals surface area contributed by atoms with E-state index in [0.29, 0.717) is 13.0 Å². The van der Waals surface area contributed by atoms with Gasteiger partial charge in [-0.15, -0.1) is 0 Å². The van der Waals surface area contributed by atoms with Crippen molar-refractivity contribution in [3.8, 4) is 0 Å². The van der Waals surface area contributed by atoms with E-state index in [1.54, 1.807) is 0 Å². The van der Waals surface area contributed by atoms with Crippen LogP contribution >= 0.6 is 12.2 Å². The van der Waals surface area contributed by atoms with E-state index in [9.17, 15) is 13.6 Å². The highest BCUT2D eigenvalue weighted by Crippen LogP contribution is 2.26. The quantitative estimate of drug-likeness (QED) is 0.790. The summed E-state index contributed by atoms with van der Waals surface area (Å²) in [5, 5.41) is 2.73. The molecule has 1 amide bonds. The van der Waals surface area contributed by atoms with Crippen molar-refractivity contribution >= 4 is 29.2 Å². The van der Waals surface area contributed by atoms with Gasteiger partial charge in [-0.05, 0) is 31.1 Å². The Kier molecular flexibility index (Phi) is 2.85. The molecule has 0 aliphatic carbocycles. The molecule has 0 bridgehead atoms. The fraction of sp³-hybridized carbons (Fsp3) is 0.333. The summed E-state index contributed by atoms with van der Waals surface area (Å²) < 4.78 is 28.7. The maximum absolute atomic E-state index is 13.7. The monoisotopic (exact) mass is 283 g/mol. The van der Waals surface area contributed by atoms with Crippen LogP contribution in [0.15, 0.2) is 12.1 Å². The lowest BCUT2D eigenvalue weighted by Crippen LogP contribution is -2.37. The first kappa shape index (κ1) is 12.3. The van der Waals surface area contributed by atoms with Gasteiger partial charge >= 0.3 is 0 Å². The third-order valence-electron chi connectivity index (χ3n) is 3.31. The number of hydrogen-bond acceptors (Lipinski definition) is 2. The molecular weight excluding hydrogens is 272 g/mol. The van der Waals surface area contributed by atoms with Crippen molar-refractivity contribution in [3.05, 3.63) is 28.5 Å². The van der Waals surface area contributed by atoms with Crippen molar-refractivity contribution in [1.82, 2.24) is 14.9 Å². The number of amides is 1. The van der Waals surface area contributed by atoms with E-state index in [0.717, 1.165) is 12.5 Å². The lowest BCUT2D eigenvalue weighted by molar-refractivity contribution is -0.125. The molecule has 0 spiro atoms. The molecule has 1 aromatic carbocycles. The molecule has 1 aliphatic rings. The summed E-state index contributed by atoms with van der Waals surface area (Å²) in [7, 11) is 0. The number of H-pyrrole nitrogens is 1. The Labute approximate surface area is 112 Å². The summed E-state index contributed by atoms with van der Waals surface area (Å²) in [5.41, 5.74) is 0.411. The van der Waals surface area contributed by atoms with E-state index < -0.39 is 17.7 Å². The van der Waals surface area contributed by atoms with Gasteiger partial charge in [0, 0.05) is 12.6 Å². The fourth-order valence-electron chi connectivity index (χ4n) is 2.46. The summed E-state index contributed by atoms with van der Waals surface area (Å²) in [4.78, 5) is 14.6. The Morgan fingerprint density at radius 2 is 2.16 bits per heavy atom. The van der Waals surface area contributed by atoms with Gasteiger partial charge in [-0.2, -0.15) is 0 Å². The third-order valence-corrected chi connectivity index (χ3v) is 3.61. The van der Waals surface area contributed by atoms with Gasteiger partial charge in [0.1, 0.15) is 17.4 Å². The molecule has 3 rings (SSSR count). The number of aromatic nitrogens is 2. The SMILES string of the molecule is O=C1NCCCC1n1c(=S)[nH]c2c(F)cc(F)cc21. The van der Waals surface area contributed by atoms with Gasteiger partial charge in [0.15, 0.2) is 10.6 Å². The maximum Gasteiger partial charge on any atom is 0.243 e. The predicted molar refractivity (Wildman–Crippen MR) is 68.3 cm³/mol. The van der Waals surface area contributed by atoms with Gasteiger partial charge < -0.3 is 14.9 Å².